The molecule has 0 amide bonds. The van der Waals surface area contributed by atoms with Gasteiger partial charge in [-0.1, -0.05) is 35.5 Å². The average Bonchev–Trinajstić information content (AvgIpc) is 3.13. The minimum absolute atomic E-state index is 0.0318. The number of aromatic nitrogens is 3. The van der Waals surface area contributed by atoms with Gasteiger partial charge in [-0.15, -0.1) is 0 Å². The van der Waals surface area contributed by atoms with E-state index in [9.17, 15) is 0 Å². The lowest BCUT2D eigenvalue weighted by molar-refractivity contribution is -0.0103. The summed E-state index contributed by atoms with van der Waals surface area (Å²) in [5.41, 5.74) is 2.06. The molecule has 1 aliphatic heterocycles. The summed E-state index contributed by atoms with van der Waals surface area (Å²) in [4.78, 5) is 8.61. The van der Waals surface area contributed by atoms with E-state index in [0.29, 0.717) is 11.7 Å². The minimum Gasteiger partial charge on any atom is -0.373 e. The van der Waals surface area contributed by atoms with Gasteiger partial charge in [0, 0.05) is 24.6 Å². The van der Waals surface area contributed by atoms with Gasteiger partial charge in [0.05, 0.1) is 12.0 Å². The number of benzene rings is 1. The third kappa shape index (κ3) is 2.87. The summed E-state index contributed by atoms with van der Waals surface area (Å²) >= 11 is 0. The van der Waals surface area contributed by atoms with Crippen LogP contribution < -0.4 is 0 Å². The summed E-state index contributed by atoms with van der Waals surface area (Å²) < 4.78 is 11.6. The number of hydrogen-bond acceptors (Lipinski definition) is 5. The molecule has 1 aromatic carbocycles. The third-order valence-corrected chi connectivity index (χ3v) is 4.15. The Morgan fingerprint density at radius 2 is 1.83 bits per heavy atom. The molecule has 1 saturated heterocycles. The summed E-state index contributed by atoms with van der Waals surface area (Å²) in [6, 6.07) is 14.0. The number of nitrogens with zero attached hydrogens (tertiary/aromatic N) is 3. The molecule has 23 heavy (non-hydrogen) atoms. The van der Waals surface area contributed by atoms with Crippen LogP contribution in [0.3, 0.4) is 0 Å². The van der Waals surface area contributed by atoms with E-state index in [-0.39, 0.29) is 12.0 Å². The fourth-order valence-electron chi connectivity index (χ4n) is 3.01. The number of ether oxygens (including phenoxy) is 1. The molecule has 2 atom stereocenters. The van der Waals surface area contributed by atoms with Crippen LogP contribution >= 0.6 is 0 Å². The second-order valence-corrected chi connectivity index (χ2v) is 5.64. The topological polar surface area (TPSA) is 61.0 Å². The molecule has 5 heteroatoms. The van der Waals surface area contributed by atoms with Crippen molar-refractivity contribution in [3.63, 3.8) is 0 Å². The van der Waals surface area contributed by atoms with Gasteiger partial charge in [-0.25, -0.2) is 0 Å². The Morgan fingerprint density at radius 1 is 1.00 bits per heavy atom. The zero-order valence-corrected chi connectivity index (χ0v) is 12.6. The maximum Gasteiger partial charge on any atom is 0.233 e. The largest absolute Gasteiger partial charge is 0.373 e. The van der Waals surface area contributed by atoms with Crippen molar-refractivity contribution in [1.82, 2.24) is 15.1 Å². The third-order valence-electron chi connectivity index (χ3n) is 4.15. The molecular weight excluding hydrogens is 290 g/mol. The van der Waals surface area contributed by atoms with Crippen LogP contribution in [0.25, 0.3) is 11.4 Å². The zero-order chi connectivity index (χ0) is 15.5. The lowest BCUT2D eigenvalue weighted by atomic mass is 9.89. The van der Waals surface area contributed by atoms with Crippen LogP contribution in [0.15, 0.2) is 59.4 Å². The molecular formula is C18H17N3O2. The monoisotopic (exact) mass is 307 g/mol. The molecule has 3 heterocycles. The molecule has 0 saturated carbocycles. The van der Waals surface area contributed by atoms with E-state index in [4.69, 9.17) is 9.26 Å². The molecule has 1 aliphatic rings. The Balaban J connectivity index is 1.64. The summed E-state index contributed by atoms with van der Waals surface area (Å²) in [7, 11) is 0. The number of hydrogen-bond donors (Lipinski definition) is 0. The summed E-state index contributed by atoms with van der Waals surface area (Å²) in [5, 5.41) is 4.12. The SMILES string of the molecule is c1ccc([C@@H]2OCCC[C@@H]2c2nc(-c3ccncc3)no2)cc1. The van der Waals surface area contributed by atoms with Gasteiger partial charge in [0.2, 0.25) is 11.7 Å². The molecule has 2 aromatic heterocycles. The van der Waals surface area contributed by atoms with Crippen molar-refractivity contribution in [3.8, 4) is 11.4 Å². The van der Waals surface area contributed by atoms with Crippen LogP contribution in [0.1, 0.15) is 36.3 Å². The van der Waals surface area contributed by atoms with Gasteiger partial charge in [-0.2, -0.15) is 4.98 Å². The van der Waals surface area contributed by atoms with Crippen molar-refractivity contribution >= 4 is 0 Å². The maximum atomic E-state index is 6.01. The lowest BCUT2D eigenvalue weighted by Crippen LogP contribution is -2.21. The van der Waals surface area contributed by atoms with Crippen LogP contribution in [0.4, 0.5) is 0 Å². The normalized spacial score (nSPS) is 21.2. The highest BCUT2D eigenvalue weighted by Gasteiger charge is 2.33. The van der Waals surface area contributed by atoms with Crippen molar-refractivity contribution in [2.75, 3.05) is 6.61 Å². The molecule has 0 aliphatic carbocycles. The molecule has 0 radical (unpaired) electrons. The van der Waals surface area contributed by atoms with Gasteiger partial charge < -0.3 is 9.26 Å². The first-order valence-electron chi connectivity index (χ1n) is 7.82. The molecule has 4 rings (SSSR count). The molecule has 116 valence electrons. The van der Waals surface area contributed by atoms with Crippen molar-refractivity contribution in [2.45, 2.75) is 24.9 Å². The summed E-state index contributed by atoms with van der Waals surface area (Å²) in [5.74, 6) is 1.33. The predicted octanol–water partition coefficient (Wildman–Crippen LogP) is 3.77. The first-order valence-corrected chi connectivity index (χ1v) is 7.82. The van der Waals surface area contributed by atoms with Crippen LogP contribution in [0.2, 0.25) is 0 Å². The van der Waals surface area contributed by atoms with Crippen molar-refractivity contribution in [2.24, 2.45) is 0 Å². The van der Waals surface area contributed by atoms with E-state index < -0.39 is 0 Å². The second kappa shape index (κ2) is 6.30. The van der Waals surface area contributed by atoms with Crippen molar-refractivity contribution in [3.05, 3.63) is 66.3 Å². The van der Waals surface area contributed by atoms with Gasteiger partial charge in [0.25, 0.3) is 0 Å². The molecule has 0 N–H and O–H groups in total. The van der Waals surface area contributed by atoms with Gasteiger partial charge in [0.15, 0.2) is 0 Å². The Labute approximate surface area is 134 Å². The van der Waals surface area contributed by atoms with E-state index in [1.807, 2.05) is 30.3 Å². The molecule has 1 fully saturated rings. The van der Waals surface area contributed by atoms with E-state index >= 15 is 0 Å². The molecule has 0 bridgehead atoms. The maximum absolute atomic E-state index is 6.01. The molecule has 0 unspecified atom stereocenters. The van der Waals surface area contributed by atoms with Gasteiger partial charge in [0.1, 0.15) is 0 Å². The van der Waals surface area contributed by atoms with Crippen LogP contribution in [0, 0.1) is 0 Å². The number of pyridine rings is 1. The van der Waals surface area contributed by atoms with E-state index in [0.717, 1.165) is 30.6 Å². The first-order chi connectivity index (χ1) is 11.4. The van der Waals surface area contributed by atoms with Crippen LogP contribution in [-0.2, 0) is 4.74 Å². The minimum atomic E-state index is -0.0318. The highest BCUT2D eigenvalue weighted by Crippen LogP contribution is 2.40. The average molecular weight is 307 g/mol. The molecule has 5 nitrogen and oxygen atoms in total. The standard InChI is InChI=1S/C18H17N3O2/c1-2-5-13(6-3-1)16-15(7-4-12-22-16)18-20-17(21-23-18)14-8-10-19-11-9-14/h1-3,5-6,8-11,15-16H,4,7,12H2/t15-,16-/m0/s1. The first kappa shape index (κ1) is 14.1. The Bertz CT molecular complexity index is 758. The van der Waals surface area contributed by atoms with E-state index in [1.54, 1.807) is 12.4 Å². The van der Waals surface area contributed by atoms with E-state index in [2.05, 4.69) is 27.3 Å². The fourth-order valence-corrected chi connectivity index (χ4v) is 3.01. The van der Waals surface area contributed by atoms with Gasteiger partial charge >= 0.3 is 0 Å². The Hall–Kier alpha value is -2.53. The van der Waals surface area contributed by atoms with Gasteiger partial charge in [-0.3, -0.25) is 4.98 Å². The molecule has 0 spiro atoms. The highest BCUT2D eigenvalue weighted by atomic mass is 16.5. The second-order valence-electron chi connectivity index (χ2n) is 5.64. The smallest absolute Gasteiger partial charge is 0.233 e. The Kier molecular flexibility index (Phi) is 3.86. The Morgan fingerprint density at radius 3 is 2.65 bits per heavy atom. The quantitative estimate of drug-likeness (QED) is 0.737. The number of rotatable bonds is 3. The highest BCUT2D eigenvalue weighted by molar-refractivity contribution is 5.52. The van der Waals surface area contributed by atoms with Crippen molar-refractivity contribution in [1.29, 1.82) is 0 Å². The van der Waals surface area contributed by atoms with E-state index in [1.165, 1.54) is 0 Å². The summed E-state index contributed by atoms with van der Waals surface area (Å²) in [6.07, 6.45) is 5.40. The summed E-state index contributed by atoms with van der Waals surface area (Å²) in [6.45, 7) is 0.765. The van der Waals surface area contributed by atoms with Crippen LogP contribution in [0.5, 0.6) is 0 Å². The molecule has 3 aromatic rings. The lowest BCUT2D eigenvalue weighted by Gasteiger charge is -2.29. The fraction of sp³-hybridized carbons (Fsp3) is 0.278. The van der Waals surface area contributed by atoms with Crippen LogP contribution in [-0.4, -0.2) is 21.7 Å². The zero-order valence-electron chi connectivity index (χ0n) is 12.6. The van der Waals surface area contributed by atoms with Crippen molar-refractivity contribution < 1.29 is 9.26 Å². The van der Waals surface area contributed by atoms with Gasteiger partial charge in [-0.05, 0) is 30.5 Å². The predicted molar refractivity (Wildman–Crippen MR) is 84.6 cm³/mol.